The minimum atomic E-state index is 0.390. The van der Waals surface area contributed by atoms with Crippen molar-refractivity contribution >= 4 is 11.5 Å². The molecule has 1 aliphatic rings. The molecule has 0 saturated heterocycles. The molecule has 0 radical (unpaired) electrons. The predicted octanol–water partition coefficient (Wildman–Crippen LogP) is 1.58. The molecule has 2 aromatic rings. The van der Waals surface area contributed by atoms with E-state index in [1.165, 1.54) is 12.0 Å². The first-order valence-electron chi connectivity index (χ1n) is 6.52. The lowest BCUT2D eigenvalue weighted by Gasteiger charge is -2.13. The van der Waals surface area contributed by atoms with Crippen LogP contribution >= 0.6 is 0 Å². The second-order valence-electron chi connectivity index (χ2n) is 5.27. The van der Waals surface area contributed by atoms with Crippen molar-refractivity contribution in [2.45, 2.75) is 32.2 Å². The fourth-order valence-corrected chi connectivity index (χ4v) is 2.73. The van der Waals surface area contributed by atoms with Crippen molar-refractivity contribution in [3.63, 3.8) is 0 Å². The number of nitrogens with zero attached hydrogens (tertiary/aromatic N) is 3. The zero-order valence-electron chi connectivity index (χ0n) is 10.6. The van der Waals surface area contributed by atoms with Crippen LogP contribution in [0.1, 0.15) is 24.8 Å². The summed E-state index contributed by atoms with van der Waals surface area (Å²) in [4.78, 5) is 4.22. The highest BCUT2D eigenvalue weighted by molar-refractivity contribution is 5.51. The van der Waals surface area contributed by atoms with Gasteiger partial charge in [0.15, 0.2) is 5.65 Å². The molecule has 1 aliphatic carbocycles. The molecule has 2 heterocycles. The Balaban J connectivity index is 1.75. The van der Waals surface area contributed by atoms with Gasteiger partial charge in [0.1, 0.15) is 12.1 Å². The van der Waals surface area contributed by atoms with Gasteiger partial charge in [-0.2, -0.15) is 9.61 Å². The molecule has 0 aliphatic heterocycles. The molecule has 3 rings (SSSR count). The summed E-state index contributed by atoms with van der Waals surface area (Å²) in [5.74, 6) is 1.70. The summed E-state index contributed by atoms with van der Waals surface area (Å²) in [6.45, 7) is 3.04. The van der Waals surface area contributed by atoms with E-state index in [1.54, 1.807) is 6.33 Å². The topological polar surface area (TPSA) is 68.2 Å². The minimum absolute atomic E-state index is 0.390. The normalized spacial score (nSPS) is 23.7. The van der Waals surface area contributed by atoms with Crippen molar-refractivity contribution in [3.05, 3.63) is 24.0 Å². The number of aryl methyl sites for hydroxylation is 1. The number of fused-ring (bicyclic) bond motifs is 1. The Morgan fingerprint density at radius 2 is 2.33 bits per heavy atom. The lowest BCUT2D eigenvalue weighted by Crippen LogP contribution is -2.18. The largest absolute Gasteiger partial charge is 0.370 e. The lowest BCUT2D eigenvalue weighted by atomic mass is 10.1. The van der Waals surface area contributed by atoms with Gasteiger partial charge in [0.25, 0.3) is 0 Å². The van der Waals surface area contributed by atoms with Crippen LogP contribution in [0.3, 0.4) is 0 Å². The average Bonchev–Trinajstić information content (AvgIpc) is 2.94. The van der Waals surface area contributed by atoms with Gasteiger partial charge >= 0.3 is 0 Å². The van der Waals surface area contributed by atoms with Crippen LogP contribution in [0.2, 0.25) is 0 Å². The van der Waals surface area contributed by atoms with Gasteiger partial charge in [0.05, 0.1) is 0 Å². The van der Waals surface area contributed by atoms with Crippen LogP contribution in [-0.4, -0.2) is 27.2 Å². The van der Waals surface area contributed by atoms with E-state index in [-0.39, 0.29) is 0 Å². The highest BCUT2D eigenvalue weighted by Crippen LogP contribution is 2.24. The molecule has 0 spiro atoms. The summed E-state index contributed by atoms with van der Waals surface area (Å²) in [6, 6.07) is 4.53. The van der Waals surface area contributed by atoms with E-state index < -0.39 is 0 Å². The van der Waals surface area contributed by atoms with Crippen molar-refractivity contribution < 1.29 is 0 Å². The second-order valence-corrected chi connectivity index (χ2v) is 5.27. The van der Waals surface area contributed by atoms with Crippen LogP contribution in [0.15, 0.2) is 18.5 Å². The quantitative estimate of drug-likeness (QED) is 0.861. The number of aromatic nitrogens is 3. The fourth-order valence-electron chi connectivity index (χ4n) is 2.73. The van der Waals surface area contributed by atoms with Crippen molar-refractivity contribution in [1.29, 1.82) is 0 Å². The molecule has 2 aromatic heterocycles. The van der Waals surface area contributed by atoms with E-state index in [9.17, 15) is 0 Å². The summed E-state index contributed by atoms with van der Waals surface area (Å²) < 4.78 is 1.85. The number of nitrogens with two attached hydrogens (primary N) is 1. The first kappa shape index (κ1) is 11.5. The Kier molecular flexibility index (Phi) is 2.91. The molecule has 18 heavy (non-hydrogen) atoms. The first-order chi connectivity index (χ1) is 8.72. The van der Waals surface area contributed by atoms with E-state index >= 15 is 0 Å². The fraction of sp³-hybridized carbons (Fsp3) is 0.538. The van der Waals surface area contributed by atoms with Gasteiger partial charge in [-0.25, -0.2) is 4.98 Å². The maximum atomic E-state index is 5.94. The molecule has 2 unspecified atom stereocenters. The maximum Gasteiger partial charge on any atom is 0.157 e. The number of nitrogens with one attached hydrogen (secondary N) is 1. The third-order valence-corrected chi connectivity index (χ3v) is 3.68. The number of hydrogen-bond acceptors (Lipinski definition) is 4. The molecule has 5 heteroatoms. The predicted molar refractivity (Wildman–Crippen MR) is 71.5 cm³/mol. The molecule has 0 bridgehead atoms. The van der Waals surface area contributed by atoms with E-state index in [4.69, 9.17) is 5.73 Å². The Hall–Kier alpha value is -1.62. The maximum absolute atomic E-state index is 5.94. The number of anilines is 1. The van der Waals surface area contributed by atoms with Crippen LogP contribution < -0.4 is 11.1 Å². The standard InChI is InChI=1S/C13H19N5/c1-9-4-12(18-13(5-9)16-8-17-18)15-7-10-2-3-11(14)6-10/h4-5,8,10-11,15H,2-3,6-7,14H2,1H3. The van der Waals surface area contributed by atoms with Crippen molar-refractivity contribution in [2.24, 2.45) is 11.7 Å². The number of rotatable bonds is 3. The van der Waals surface area contributed by atoms with Crippen LogP contribution in [0.25, 0.3) is 5.65 Å². The van der Waals surface area contributed by atoms with E-state index in [2.05, 4.69) is 28.4 Å². The molecular weight excluding hydrogens is 226 g/mol. The van der Waals surface area contributed by atoms with E-state index in [0.717, 1.165) is 30.9 Å². The summed E-state index contributed by atoms with van der Waals surface area (Å²) >= 11 is 0. The van der Waals surface area contributed by atoms with E-state index in [1.807, 2.05) is 10.6 Å². The van der Waals surface area contributed by atoms with Gasteiger partial charge in [0.2, 0.25) is 0 Å². The molecule has 2 atom stereocenters. The highest BCUT2D eigenvalue weighted by Gasteiger charge is 2.21. The third kappa shape index (κ3) is 2.18. The minimum Gasteiger partial charge on any atom is -0.370 e. The van der Waals surface area contributed by atoms with E-state index in [0.29, 0.717) is 12.0 Å². The Bertz CT molecular complexity index is 547. The van der Waals surface area contributed by atoms with Crippen molar-refractivity contribution in [2.75, 3.05) is 11.9 Å². The molecular formula is C13H19N5. The lowest BCUT2D eigenvalue weighted by molar-refractivity contribution is 0.564. The second kappa shape index (κ2) is 4.57. The molecule has 0 amide bonds. The molecule has 1 saturated carbocycles. The SMILES string of the molecule is Cc1cc(NCC2CCC(N)C2)n2ncnc2c1. The summed E-state index contributed by atoms with van der Waals surface area (Å²) in [6.07, 6.45) is 5.09. The van der Waals surface area contributed by atoms with Crippen molar-refractivity contribution in [1.82, 2.24) is 14.6 Å². The average molecular weight is 245 g/mol. The van der Waals surface area contributed by atoms with Gasteiger partial charge in [-0.3, -0.25) is 0 Å². The number of hydrogen-bond donors (Lipinski definition) is 2. The first-order valence-corrected chi connectivity index (χ1v) is 6.52. The Morgan fingerprint density at radius 3 is 3.11 bits per heavy atom. The van der Waals surface area contributed by atoms with Crippen molar-refractivity contribution in [3.8, 4) is 0 Å². The zero-order valence-corrected chi connectivity index (χ0v) is 10.6. The van der Waals surface area contributed by atoms with Crippen LogP contribution in [0.4, 0.5) is 5.82 Å². The molecule has 0 aromatic carbocycles. The smallest absolute Gasteiger partial charge is 0.157 e. The monoisotopic (exact) mass is 245 g/mol. The van der Waals surface area contributed by atoms with Crippen LogP contribution in [0, 0.1) is 12.8 Å². The van der Waals surface area contributed by atoms with Gasteiger partial charge in [-0.15, -0.1) is 0 Å². The summed E-state index contributed by atoms with van der Waals surface area (Å²) in [7, 11) is 0. The molecule has 5 nitrogen and oxygen atoms in total. The van der Waals surface area contributed by atoms with Gasteiger partial charge in [-0.1, -0.05) is 0 Å². The third-order valence-electron chi connectivity index (χ3n) is 3.68. The van der Waals surface area contributed by atoms with Crippen LogP contribution in [0.5, 0.6) is 0 Å². The highest BCUT2D eigenvalue weighted by atomic mass is 15.3. The number of pyridine rings is 1. The zero-order chi connectivity index (χ0) is 12.5. The van der Waals surface area contributed by atoms with Gasteiger partial charge < -0.3 is 11.1 Å². The summed E-state index contributed by atoms with van der Waals surface area (Å²) in [5.41, 5.74) is 8.02. The van der Waals surface area contributed by atoms with Crippen LogP contribution in [-0.2, 0) is 0 Å². The molecule has 96 valence electrons. The Morgan fingerprint density at radius 1 is 1.44 bits per heavy atom. The van der Waals surface area contributed by atoms with Gasteiger partial charge in [0, 0.05) is 12.6 Å². The molecule has 1 fully saturated rings. The van der Waals surface area contributed by atoms with Gasteiger partial charge in [-0.05, 0) is 49.8 Å². The Labute approximate surface area is 106 Å². The summed E-state index contributed by atoms with van der Waals surface area (Å²) in [5, 5.41) is 7.72. The molecule has 3 N–H and O–H groups in total.